The summed E-state index contributed by atoms with van der Waals surface area (Å²) in [5, 5.41) is 13.8. The summed E-state index contributed by atoms with van der Waals surface area (Å²) in [4.78, 5) is 26.6. The van der Waals surface area contributed by atoms with Gasteiger partial charge in [-0.25, -0.2) is 9.37 Å². The predicted molar refractivity (Wildman–Crippen MR) is 105 cm³/mol. The van der Waals surface area contributed by atoms with E-state index in [-0.39, 0.29) is 17.1 Å². The quantitative estimate of drug-likeness (QED) is 0.379. The first-order chi connectivity index (χ1) is 13.3. The van der Waals surface area contributed by atoms with E-state index in [1.807, 2.05) is 36.6 Å². The van der Waals surface area contributed by atoms with E-state index in [9.17, 15) is 19.3 Å². The number of aromatic nitrogens is 2. The Kier molecular flexibility index (Phi) is 5.74. The maximum atomic E-state index is 13.8. The Morgan fingerprint density at radius 3 is 2.75 bits per heavy atom. The number of anilines is 1. The number of thioether (sulfide) groups is 1. The van der Waals surface area contributed by atoms with Crippen LogP contribution in [0.5, 0.6) is 0 Å². The molecule has 9 heteroatoms. The number of hydrogen-bond acceptors (Lipinski definition) is 5. The van der Waals surface area contributed by atoms with Crippen LogP contribution in [0.2, 0.25) is 0 Å². The largest absolute Gasteiger partial charge is 0.323 e. The molecule has 0 fully saturated rings. The van der Waals surface area contributed by atoms with E-state index in [0.717, 1.165) is 29.4 Å². The highest BCUT2D eigenvalue weighted by molar-refractivity contribution is 7.99. The van der Waals surface area contributed by atoms with Gasteiger partial charge in [0.1, 0.15) is 5.82 Å². The molecular weight excluding hydrogens is 383 g/mol. The number of nitrogens with one attached hydrogen (secondary N) is 1. The number of imidazole rings is 1. The Labute approximate surface area is 164 Å². The van der Waals surface area contributed by atoms with E-state index < -0.39 is 16.6 Å². The molecule has 0 aliphatic heterocycles. The Bertz CT molecular complexity index is 1050. The molecule has 3 rings (SSSR count). The molecule has 0 aliphatic rings. The number of halogens is 1. The summed E-state index contributed by atoms with van der Waals surface area (Å²) < 4.78 is 15.7. The zero-order chi connectivity index (χ0) is 20.3. The van der Waals surface area contributed by atoms with Gasteiger partial charge in [0, 0.05) is 30.2 Å². The standard InChI is InChI=1S/C19H17FN4O3S/c1-12-3-4-14(9-13(12)2)23-8-7-21-19(23)28-11-18(25)22-17-10-15(24(26)27)5-6-16(17)20/h3-10H,11H2,1-2H3,(H,22,25). The molecule has 0 atom stereocenters. The van der Waals surface area contributed by atoms with Gasteiger partial charge in [-0.15, -0.1) is 0 Å². The molecule has 0 aliphatic carbocycles. The predicted octanol–water partition coefficient (Wildman–Crippen LogP) is 4.27. The number of rotatable bonds is 6. The normalized spacial score (nSPS) is 10.7. The van der Waals surface area contributed by atoms with Crippen molar-refractivity contribution in [1.29, 1.82) is 0 Å². The molecule has 0 unspecified atom stereocenters. The lowest BCUT2D eigenvalue weighted by Crippen LogP contribution is -2.15. The number of nitro groups is 1. The Morgan fingerprint density at radius 2 is 2.04 bits per heavy atom. The first kappa shape index (κ1) is 19.6. The van der Waals surface area contributed by atoms with Crippen LogP contribution in [0.1, 0.15) is 11.1 Å². The zero-order valence-corrected chi connectivity index (χ0v) is 16.0. The lowest BCUT2D eigenvalue weighted by Gasteiger charge is -2.10. The van der Waals surface area contributed by atoms with Crippen LogP contribution in [0.25, 0.3) is 5.69 Å². The topological polar surface area (TPSA) is 90.1 Å². The molecule has 0 radical (unpaired) electrons. The molecule has 1 heterocycles. The van der Waals surface area contributed by atoms with Gasteiger partial charge in [-0.05, 0) is 43.2 Å². The molecule has 1 N–H and O–H groups in total. The smallest absolute Gasteiger partial charge is 0.271 e. The maximum absolute atomic E-state index is 13.8. The van der Waals surface area contributed by atoms with Crippen molar-refractivity contribution >= 4 is 29.0 Å². The summed E-state index contributed by atoms with van der Waals surface area (Å²) in [6.45, 7) is 4.05. The minimum atomic E-state index is -0.736. The average Bonchev–Trinajstić information content (AvgIpc) is 3.12. The summed E-state index contributed by atoms with van der Waals surface area (Å²) >= 11 is 1.19. The number of nitro benzene ring substituents is 1. The molecule has 0 saturated heterocycles. The second-order valence-corrected chi connectivity index (χ2v) is 7.05. The third-order valence-corrected chi connectivity index (χ3v) is 5.11. The van der Waals surface area contributed by atoms with Crippen molar-refractivity contribution in [1.82, 2.24) is 9.55 Å². The van der Waals surface area contributed by atoms with Crippen molar-refractivity contribution in [3.05, 3.63) is 75.9 Å². The van der Waals surface area contributed by atoms with Crippen molar-refractivity contribution in [2.24, 2.45) is 0 Å². The average molecular weight is 400 g/mol. The number of aryl methyl sites for hydroxylation is 2. The second-order valence-electron chi connectivity index (χ2n) is 6.11. The van der Waals surface area contributed by atoms with Crippen molar-refractivity contribution in [3.8, 4) is 5.69 Å². The van der Waals surface area contributed by atoms with Gasteiger partial charge in [-0.1, -0.05) is 17.8 Å². The minimum absolute atomic E-state index is 0.0238. The lowest BCUT2D eigenvalue weighted by atomic mass is 10.1. The molecule has 28 heavy (non-hydrogen) atoms. The summed E-state index contributed by atoms with van der Waals surface area (Å²) in [5.74, 6) is -1.25. The zero-order valence-electron chi connectivity index (χ0n) is 15.2. The Balaban J connectivity index is 1.69. The van der Waals surface area contributed by atoms with Crippen LogP contribution in [-0.2, 0) is 4.79 Å². The first-order valence-corrected chi connectivity index (χ1v) is 9.31. The van der Waals surface area contributed by atoms with Gasteiger partial charge in [0.2, 0.25) is 5.91 Å². The third-order valence-electron chi connectivity index (χ3n) is 4.14. The number of amides is 1. The SMILES string of the molecule is Cc1ccc(-n2ccnc2SCC(=O)Nc2cc([N+](=O)[O-])ccc2F)cc1C. The van der Waals surface area contributed by atoms with Crippen LogP contribution < -0.4 is 5.32 Å². The Hall–Kier alpha value is -3.20. The fraction of sp³-hybridized carbons (Fsp3) is 0.158. The van der Waals surface area contributed by atoms with E-state index >= 15 is 0 Å². The highest BCUT2D eigenvalue weighted by Gasteiger charge is 2.14. The molecule has 0 bridgehead atoms. The number of benzene rings is 2. The summed E-state index contributed by atoms with van der Waals surface area (Å²) in [6.07, 6.45) is 3.43. The highest BCUT2D eigenvalue weighted by atomic mass is 32.2. The third kappa shape index (κ3) is 4.37. The molecule has 3 aromatic rings. The molecule has 1 amide bonds. The van der Waals surface area contributed by atoms with Crippen LogP contribution in [0, 0.1) is 29.8 Å². The van der Waals surface area contributed by atoms with Crippen molar-refractivity contribution < 1.29 is 14.1 Å². The van der Waals surface area contributed by atoms with Crippen LogP contribution >= 0.6 is 11.8 Å². The number of nitrogens with zero attached hydrogens (tertiary/aromatic N) is 3. The van der Waals surface area contributed by atoms with Gasteiger partial charge in [0.25, 0.3) is 5.69 Å². The van der Waals surface area contributed by atoms with Crippen molar-refractivity contribution in [2.75, 3.05) is 11.1 Å². The van der Waals surface area contributed by atoms with Crippen LogP contribution in [-0.4, -0.2) is 26.1 Å². The van der Waals surface area contributed by atoms with Crippen LogP contribution in [0.4, 0.5) is 15.8 Å². The van der Waals surface area contributed by atoms with Crippen molar-refractivity contribution in [3.63, 3.8) is 0 Å². The number of non-ortho nitro benzene ring substituents is 1. The minimum Gasteiger partial charge on any atom is -0.323 e. The van der Waals surface area contributed by atoms with Crippen LogP contribution in [0.15, 0.2) is 53.9 Å². The fourth-order valence-corrected chi connectivity index (χ4v) is 3.28. The summed E-state index contributed by atoms with van der Waals surface area (Å²) in [6, 6.07) is 8.99. The summed E-state index contributed by atoms with van der Waals surface area (Å²) in [7, 11) is 0. The second kappa shape index (κ2) is 8.22. The van der Waals surface area contributed by atoms with Gasteiger partial charge in [0.15, 0.2) is 5.16 Å². The van der Waals surface area contributed by atoms with E-state index in [1.165, 1.54) is 17.3 Å². The molecule has 7 nitrogen and oxygen atoms in total. The van der Waals surface area contributed by atoms with Crippen molar-refractivity contribution in [2.45, 2.75) is 19.0 Å². The monoisotopic (exact) mass is 400 g/mol. The lowest BCUT2D eigenvalue weighted by molar-refractivity contribution is -0.384. The van der Waals surface area contributed by atoms with E-state index in [4.69, 9.17) is 0 Å². The fourth-order valence-electron chi connectivity index (χ4n) is 2.51. The molecule has 1 aromatic heterocycles. The number of hydrogen-bond donors (Lipinski definition) is 1. The molecule has 0 saturated carbocycles. The molecule has 0 spiro atoms. The van der Waals surface area contributed by atoms with Crippen LogP contribution in [0.3, 0.4) is 0 Å². The number of carbonyl (C=O) groups is 1. The van der Waals surface area contributed by atoms with E-state index in [2.05, 4.69) is 10.3 Å². The van der Waals surface area contributed by atoms with Gasteiger partial charge < -0.3 is 5.32 Å². The van der Waals surface area contributed by atoms with E-state index in [1.54, 1.807) is 12.4 Å². The molecular formula is C19H17FN4O3S. The number of carbonyl (C=O) groups excluding carboxylic acids is 1. The van der Waals surface area contributed by atoms with Gasteiger partial charge in [-0.3, -0.25) is 19.5 Å². The van der Waals surface area contributed by atoms with Gasteiger partial charge in [0.05, 0.1) is 16.4 Å². The highest BCUT2D eigenvalue weighted by Crippen LogP contribution is 2.24. The Morgan fingerprint density at radius 1 is 1.25 bits per heavy atom. The molecule has 2 aromatic carbocycles. The van der Waals surface area contributed by atoms with Gasteiger partial charge in [-0.2, -0.15) is 0 Å². The summed E-state index contributed by atoms with van der Waals surface area (Å²) in [5.41, 5.74) is 2.72. The van der Waals surface area contributed by atoms with Gasteiger partial charge >= 0.3 is 0 Å². The maximum Gasteiger partial charge on any atom is 0.271 e. The van der Waals surface area contributed by atoms with E-state index in [0.29, 0.717) is 5.16 Å². The first-order valence-electron chi connectivity index (χ1n) is 8.32. The molecule has 144 valence electrons.